The Morgan fingerprint density at radius 1 is 1.46 bits per heavy atom. The highest BCUT2D eigenvalue weighted by Crippen LogP contribution is 2.20. The predicted molar refractivity (Wildman–Crippen MR) is 94.3 cm³/mol. The summed E-state index contributed by atoms with van der Waals surface area (Å²) in [6.45, 7) is 2.13. The first-order valence-electron chi connectivity index (χ1n) is 8.04. The second kappa shape index (κ2) is 10.9. The van der Waals surface area contributed by atoms with Gasteiger partial charge in [0.15, 0.2) is 0 Å². The Labute approximate surface area is 147 Å². The lowest BCUT2D eigenvalue weighted by Crippen LogP contribution is -2.40. The number of esters is 1. The minimum absolute atomic E-state index is 0.143. The van der Waals surface area contributed by atoms with Gasteiger partial charge in [-0.1, -0.05) is 30.9 Å². The first-order valence-corrected chi connectivity index (χ1v) is 8.41. The number of carbonyl (C=O) groups excluding carboxylic acids is 1. The van der Waals surface area contributed by atoms with E-state index in [1.54, 1.807) is 18.2 Å². The molecule has 0 spiro atoms. The predicted octanol–water partition coefficient (Wildman–Crippen LogP) is 3.09. The highest BCUT2D eigenvalue weighted by Gasteiger charge is 2.17. The first-order chi connectivity index (χ1) is 11.5. The van der Waals surface area contributed by atoms with Crippen molar-refractivity contribution in [2.75, 3.05) is 12.3 Å². The molecule has 1 aromatic carbocycles. The highest BCUT2D eigenvalue weighted by atomic mass is 35.5. The van der Waals surface area contributed by atoms with Gasteiger partial charge in [0.25, 0.3) is 6.47 Å². The van der Waals surface area contributed by atoms with E-state index in [2.05, 4.69) is 5.32 Å². The third kappa shape index (κ3) is 7.19. The van der Waals surface area contributed by atoms with Crippen LogP contribution in [0, 0.1) is 0 Å². The number of rotatable bonds is 5. The van der Waals surface area contributed by atoms with Crippen LogP contribution in [-0.2, 0) is 9.53 Å². The highest BCUT2D eigenvalue weighted by molar-refractivity contribution is 6.33. The van der Waals surface area contributed by atoms with Crippen LogP contribution >= 0.6 is 11.6 Å². The molecule has 2 rings (SSSR count). The Hall–Kier alpha value is -1.79. The molecule has 0 heterocycles. The van der Waals surface area contributed by atoms with Gasteiger partial charge in [-0.3, -0.25) is 4.79 Å². The average Bonchev–Trinajstić information content (AvgIpc) is 2.54. The molecule has 0 aliphatic heterocycles. The van der Waals surface area contributed by atoms with Gasteiger partial charge in [-0.05, 0) is 38.0 Å². The summed E-state index contributed by atoms with van der Waals surface area (Å²) in [5.41, 5.74) is 6.50. The van der Waals surface area contributed by atoms with E-state index in [0.29, 0.717) is 28.9 Å². The Bertz CT molecular complexity index is 533. The third-order valence-electron chi connectivity index (χ3n) is 3.80. The lowest BCUT2D eigenvalue weighted by molar-refractivity contribution is -0.122. The number of hydrogen-bond acceptors (Lipinski definition) is 5. The minimum atomic E-state index is -0.405. The molecule has 1 saturated carbocycles. The fourth-order valence-corrected chi connectivity index (χ4v) is 2.96. The van der Waals surface area contributed by atoms with Crippen LogP contribution in [0.3, 0.4) is 0 Å². The van der Waals surface area contributed by atoms with Crippen molar-refractivity contribution in [3.8, 4) is 0 Å². The van der Waals surface area contributed by atoms with Gasteiger partial charge in [-0.15, -0.1) is 0 Å². The topological polar surface area (TPSA) is 102 Å². The van der Waals surface area contributed by atoms with Crippen LogP contribution in [0.1, 0.15) is 49.4 Å². The van der Waals surface area contributed by atoms with Crippen molar-refractivity contribution in [2.45, 2.75) is 51.1 Å². The molecule has 0 aromatic heterocycles. The minimum Gasteiger partial charge on any atom is -0.483 e. The fraction of sp³-hybridized carbons (Fsp3) is 0.529. The lowest BCUT2D eigenvalue weighted by Gasteiger charge is -2.26. The summed E-state index contributed by atoms with van der Waals surface area (Å²) >= 11 is 6.00. The molecule has 0 saturated heterocycles. The SMILES string of the molecule is CC(COC(=O)c1ccc(N)cc1Cl)NC1CCCCC1.O=CO. The van der Waals surface area contributed by atoms with E-state index in [1.807, 2.05) is 6.92 Å². The molecule has 1 fully saturated rings. The summed E-state index contributed by atoms with van der Waals surface area (Å²) in [5, 5.41) is 10.7. The summed E-state index contributed by atoms with van der Waals surface area (Å²) in [7, 11) is 0. The van der Waals surface area contributed by atoms with Crippen molar-refractivity contribution in [2.24, 2.45) is 0 Å². The number of anilines is 1. The van der Waals surface area contributed by atoms with Gasteiger partial charge in [0, 0.05) is 17.8 Å². The van der Waals surface area contributed by atoms with Crippen LogP contribution in [0.2, 0.25) is 5.02 Å². The summed E-state index contributed by atoms with van der Waals surface area (Å²) in [5.74, 6) is -0.405. The molecule has 24 heavy (non-hydrogen) atoms. The van der Waals surface area contributed by atoms with Gasteiger partial charge in [-0.25, -0.2) is 4.79 Å². The van der Waals surface area contributed by atoms with Gasteiger partial charge in [0.05, 0.1) is 10.6 Å². The van der Waals surface area contributed by atoms with E-state index >= 15 is 0 Å². The van der Waals surface area contributed by atoms with E-state index in [9.17, 15) is 4.79 Å². The number of carbonyl (C=O) groups is 2. The maximum atomic E-state index is 12.0. The van der Waals surface area contributed by atoms with Gasteiger partial charge in [0.2, 0.25) is 0 Å². The Kier molecular flexibility index (Phi) is 9.19. The molecule has 1 aliphatic carbocycles. The maximum absolute atomic E-state index is 12.0. The number of benzene rings is 1. The number of halogens is 1. The van der Waals surface area contributed by atoms with Gasteiger partial charge in [-0.2, -0.15) is 0 Å². The number of nitrogen functional groups attached to an aromatic ring is 1. The molecule has 134 valence electrons. The van der Waals surface area contributed by atoms with Crippen LogP contribution in [-0.4, -0.2) is 36.2 Å². The van der Waals surface area contributed by atoms with Crippen LogP contribution in [0.15, 0.2) is 18.2 Å². The normalized spacial score (nSPS) is 15.8. The van der Waals surface area contributed by atoms with Crippen LogP contribution < -0.4 is 11.1 Å². The fourth-order valence-electron chi connectivity index (χ4n) is 2.70. The zero-order chi connectivity index (χ0) is 17.9. The van der Waals surface area contributed by atoms with Crippen LogP contribution in [0.5, 0.6) is 0 Å². The zero-order valence-electron chi connectivity index (χ0n) is 13.8. The lowest BCUT2D eigenvalue weighted by atomic mass is 9.95. The molecule has 0 bridgehead atoms. The Morgan fingerprint density at radius 3 is 2.67 bits per heavy atom. The first kappa shape index (κ1) is 20.3. The van der Waals surface area contributed by atoms with Crippen molar-refractivity contribution < 1.29 is 19.4 Å². The summed E-state index contributed by atoms with van der Waals surface area (Å²) in [6.07, 6.45) is 6.32. The van der Waals surface area contributed by atoms with Crippen LogP contribution in [0.4, 0.5) is 5.69 Å². The molecule has 1 aromatic rings. The number of nitrogens with two attached hydrogens (primary N) is 1. The molecule has 0 radical (unpaired) electrons. The maximum Gasteiger partial charge on any atom is 0.339 e. The molecule has 7 heteroatoms. The van der Waals surface area contributed by atoms with E-state index in [0.717, 1.165) is 0 Å². The molecule has 1 atom stereocenters. The smallest absolute Gasteiger partial charge is 0.339 e. The molecule has 1 unspecified atom stereocenters. The van der Waals surface area contributed by atoms with Crippen molar-refractivity contribution in [3.63, 3.8) is 0 Å². The van der Waals surface area contributed by atoms with E-state index in [4.69, 9.17) is 32.0 Å². The molecule has 4 N–H and O–H groups in total. The summed E-state index contributed by atoms with van der Waals surface area (Å²) in [6, 6.07) is 5.49. The molecular formula is C17H25ClN2O4. The van der Waals surface area contributed by atoms with Gasteiger partial charge < -0.3 is 20.9 Å². The molecule has 6 nitrogen and oxygen atoms in total. The summed E-state index contributed by atoms with van der Waals surface area (Å²) < 4.78 is 5.33. The number of nitrogens with one attached hydrogen (secondary N) is 1. The largest absolute Gasteiger partial charge is 0.483 e. The van der Waals surface area contributed by atoms with Crippen molar-refractivity contribution in [1.82, 2.24) is 5.32 Å². The zero-order valence-corrected chi connectivity index (χ0v) is 14.6. The Balaban J connectivity index is 0.000000891. The monoisotopic (exact) mass is 356 g/mol. The van der Waals surface area contributed by atoms with Gasteiger partial charge in [0.1, 0.15) is 6.61 Å². The van der Waals surface area contributed by atoms with Crippen molar-refractivity contribution >= 4 is 29.7 Å². The molecule has 0 amide bonds. The standard InChI is InChI=1S/C16H23ClN2O2.CH2O2/c1-11(19-13-5-3-2-4-6-13)10-21-16(20)14-8-7-12(18)9-15(14)17;2-1-3/h7-9,11,13,19H,2-6,10,18H2,1H3;1H,(H,2,3). The van der Waals surface area contributed by atoms with E-state index in [-0.39, 0.29) is 12.5 Å². The number of ether oxygens (including phenoxy) is 1. The van der Waals surface area contributed by atoms with Gasteiger partial charge >= 0.3 is 5.97 Å². The Morgan fingerprint density at radius 2 is 2.08 bits per heavy atom. The van der Waals surface area contributed by atoms with Crippen molar-refractivity contribution in [1.29, 1.82) is 0 Å². The number of carboxylic acid groups (broad SMARTS) is 1. The average molecular weight is 357 g/mol. The second-order valence-corrected chi connectivity index (χ2v) is 6.25. The number of hydrogen-bond donors (Lipinski definition) is 3. The van der Waals surface area contributed by atoms with Crippen molar-refractivity contribution in [3.05, 3.63) is 28.8 Å². The quantitative estimate of drug-likeness (QED) is 0.425. The molecular weight excluding hydrogens is 332 g/mol. The van der Waals surface area contributed by atoms with E-state index in [1.165, 1.54) is 32.1 Å². The second-order valence-electron chi connectivity index (χ2n) is 5.85. The van der Waals surface area contributed by atoms with Crippen LogP contribution in [0.25, 0.3) is 0 Å². The third-order valence-corrected chi connectivity index (χ3v) is 4.12. The molecule has 1 aliphatic rings. The summed E-state index contributed by atoms with van der Waals surface area (Å²) in [4.78, 5) is 20.4. The van der Waals surface area contributed by atoms with E-state index < -0.39 is 5.97 Å².